The van der Waals surface area contributed by atoms with Gasteiger partial charge in [0.15, 0.2) is 5.84 Å². The molecule has 0 aromatic heterocycles. The second-order valence-corrected chi connectivity index (χ2v) is 5.46. The number of rotatable bonds is 4. The molecule has 4 N–H and O–H groups in total. The van der Waals surface area contributed by atoms with Crippen LogP contribution >= 0.6 is 15.9 Å². The van der Waals surface area contributed by atoms with Crippen molar-refractivity contribution >= 4 is 27.5 Å². The molecule has 0 unspecified atom stereocenters. The van der Waals surface area contributed by atoms with Crippen LogP contribution in [-0.2, 0) is 6.54 Å². The van der Waals surface area contributed by atoms with Gasteiger partial charge in [0, 0.05) is 22.3 Å². The Bertz CT molecular complexity index is 689. The molecule has 0 radical (unpaired) electrons. The molecule has 110 valence electrons. The fourth-order valence-electron chi connectivity index (χ4n) is 1.93. The number of nitrogens with two attached hydrogens (primary N) is 1. The Hall–Kier alpha value is -2.08. The second-order valence-electron chi connectivity index (χ2n) is 4.60. The van der Waals surface area contributed by atoms with E-state index in [2.05, 4.69) is 26.4 Å². The molecule has 0 aliphatic rings. The van der Waals surface area contributed by atoms with Crippen molar-refractivity contribution < 1.29 is 9.60 Å². The monoisotopic (exact) mass is 351 g/mol. The minimum absolute atomic E-state index is 0.0834. The van der Waals surface area contributed by atoms with Gasteiger partial charge >= 0.3 is 0 Å². The molecule has 0 aliphatic heterocycles. The fraction of sp³-hybridized carbons (Fsp3) is 0.133. The molecule has 2 rings (SSSR count). The smallest absolute Gasteiger partial charge is 0.173 e. The van der Waals surface area contributed by atoms with E-state index in [9.17, 15) is 4.39 Å². The number of hydrogen-bond donors (Lipinski definition) is 3. The van der Waals surface area contributed by atoms with Crippen LogP contribution in [-0.4, -0.2) is 11.0 Å². The Morgan fingerprint density at radius 3 is 2.86 bits per heavy atom. The van der Waals surface area contributed by atoms with E-state index in [0.29, 0.717) is 12.1 Å². The predicted molar refractivity (Wildman–Crippen MR) is 85.1 cm³/mol. The Balaban J connectivity index is 2.23. The average molecular weight is 352 g/mol. The Morgan fingerprint density at radius 1 is 1.38 bits per heavy atom. The van der Waals surface area contributed by atoms with Gasteiger partial charge in [0.05, 0.1) is 5.56 Å². The summed E-state index contributed by atoms with van der Waals surface area (Å²) in [6.07, 6.45) is 0. The Labute approximate surface area is 130 Å². The number of nitrogens with zero attached hydrogens (tertiary/aromatic N) is 1. The standard InChI is InChI=1S/C15H15BrFN3O/c1-9-5-6-12(16)13(7-9)19-8-10-3-2-4-11(14(10)17)15(18)20-21/h2-7,19,21H,8H2,1H3,(H2,18,20). The molecule has 21 heavy (non-hydrogen) atoms. The molecule has 0 saturated carbocycles. The molecule has 0 bridgehead atoms. The third-order valence-corrected chi connectivity index (χ3v) is 3.75. The lowest BCUT2D eigenvalue weighted by molar-refractivity contribution is 0.318. The van der Waals surface area contributed by atoms with Gasteiger partial charge in [0.25, 0.3) is 0 Å². The van der Waals surface area contributed by atoms with Crippen molar-refractivity contribution in [2.75, 3.05) is 5.32 Å². The van der Waals surface area contributed by atoms with Crippen molar-refractivity contribution in [1.82, 2.24) is 0 Å². The van der Waals surface area contributed by atoms with Gasteiger partial charge in [-0.2, -0.15) is 0 Å². The van der Waals surface area contributed by atoms with Gasteiger partial charge in [0.2, 0.25) is 0 Å². The van der Waals surface area contributed by atoms with Gasteiger partial charge < -0.3 is 16.3 Å². The first-order chi connectivity index (χ1) is 10.0. The maximum atomic E-state index is 14.3. The first-order valence-corrected chi connectivity index (χ1v) is 7.07. The number of oxime groups is 1. The zero-order chi connectivity index (χ0) is 15.4. The summed E-state index contributed by atoms with van der Waals surface area (Å²) in [5, 5.41) is 14.6. The molecule has 2 aromatic rings. The first-order valence-electron chi connectivity index (χ1n) is 6.28. The summed E-state index contributed by atoms with van der Waals surface area (Å²) in [6, 6.07) is 10.7. The van der Waals surface area contributed by atoms with Crippen LogP contribution in [0.4, 0.5) is 10.1 Å². The number of hydrogen-bond acceptors (Lipinski definition) is 3. The molecular formula is C15H15BrFN3O. The minimum atomic E-state index is -0.496. The number of anilines is 1. The Morgan fingerprint density at radius 2 is 2.14 bits per heavy atom. The van der Waals surface area contributed by atoms with Crippen LogP contribution in [0.1, 0.15) is 16.7 Å². The van der Waals surface area contributed by atoms with E-state index in [1.807, 2.05) is 25.1 Å². The van der Waals surface area contributed by atoms with Crippen LogP contribution in [0.5, 0.6) is 0 Å². The van der Waals surface area contributed by atoms with Crippen molar-refractivity contribution in [3.8, 4) is 0 Å². The topological polar surface area (TPSA) is 70.6 Å². The molecule has 0 spiro atoms. The third kappa shape index (κ3) is 3.52. The number of benzene rings is 2. The van der Waals surface area contributed by atoms with E-state index in [-0.39, 0.29) is 11.4 Å². The van der Waals surface area contributed by atoms with E-state index in [0.717, 1.165) is 15.7 Å². The zero-order valence-electron chi connectivity index (χ0n) is 11.4. The first kappa shape index (κ1) is 15.3. The summed E-state index contributed by atoms with van der Waals surface area (Å²) in [5.41, 5.74) is 7.95. The summed E-state index contributed by atoms with van der Waals surface area (Å²) in [7, 11) is 0. The molecule has 0 amide bonds. The average Bonchev–Trinajstić information content (AvgIpc) is 2.48. The van der Waals surface area contributed by atoms with E-state index in [4.69, 9.17) is 10.9 Å². The highest BCUT2D eigenvalue weighted by Gasteiger charge is 2.11. The highest BCUT2D eigenvalue weighted by Crippen LogP contribution is 2.24. The molecule has 0 fully saturated rings. The fourth-order valence-corrected chi connectivity index (χ4v) is 2.32. The van der Waals surface area contributed by atoms with E-state index < -0.39 is 5.82 Å². The number of nitrogens with one attached hydrogen (secondary N) is 1. The highest BCUT2D eigenvalue weighted by molar-refractivity contribution is 9.10. The van der Waals surface area contributed by atoms with Crippen molar-refractivity contribution in [2.45, 2.75) is 13.5 Å². The molecule has 4 nitrogen and oxygen atoms in total. The molecule has 0 saturated heterocycles. The lowest BCUT2D eigenvalue weighted by atomic mass is 10.1. The maximum Gasteiger partial charge on any atom is 0.173 e. The van der Waals surface area contributed by atoms with E-state index in [1.54, 1.807) is 12.1 Å². The van der Waals surface area contributed by atoms with Gasteiger partial charge in [-0.15, -0.1) is 0 Å². The van der Waals surface area contributed by atoms with Gasteiger partial charge in [-0.25, -0.2) is 4.39 Å². The number of aryl methyl sites for hydroxylation is 1. The Kier molecular flexibility index (Phi) is 4.80. The van der Waals surface area contributed by atoms with E-state index in [1.165, 1.54) is 6.07 Å². The maximum absolute atomic E-state index is 14.3. The van der Waals surface area contributed by atoms with Gasteiger partial charge in [-0.05, 0) is 46.6 Å². The summed E-state index contributed by atoms with van der Waals surface area (Å²) in [5.74, 6) is -0.741. The van der Waals surface area contributed by atoms with Crippen LogP contribution in [0.2, 0.25) is 0 Å². The van der Waals surface area contributed by atoms with Crippen LogP contribution < -0.4 is 11.1 Å². The quantitative estimate of drug-likeness (QED) is 0.341. The van der Waals surface area contributed by atoms with Crippen molar-refractivity contribution in [3.05, 3.63) is 63.4 Å². The summed E-state index contributed by atoms with van der Waals surface area (Å²) in [4.78, 5) is 0. The number of halogens is 2. The number of amidine groups is 1. The molecule has 0 aliphatic carbocycles. The van der Waals surface area contributed by atoms with Crippen molar-refractivity contribution in [1.29, 1.82) is 0 Å². The lowest BCUT2D eigenvalue weighted by Gasteiger charge is -2.11. The normalized spacial score (nSPS) is 11.5. The van der Waals surface area contributed by atoms with Crippen LogP contribution in [0.15, 0.2) is 46.0 Å². The summed E-state index contributed by atoms with van der Waals surface area (Å²) in [6.45, 7) is 2.28. The molecule has 0 heterocycles. The molecule has 0 atom stereocenters. The molecular weight excluding hydrogens is 337 g/mol. The second kappa shape index (κ2) is 6.58. The molecule has 2 aromatic carbocycles. The highest BCUT2D eigenvalue weighted by atomic mass is 79.9. The minimum Gasteiger partial charge on any atom is -0.409 e. The largest absolute Gasteiger partial charge is 0.409 e. The van der Waals surface area contributed by atoms with Gasteiger partial charge in [-0.1, -0.05) is 23.4 Å². The summed E-state index contributed by atoms with van der Waals surface area (Å²) < 4.78 is 15.2. The SMILES string of the molecule is Cc1ccc(Br)c(NCc2cccc(/C(N)=N/O)c2F)c1. The van der Waals surface area contributed by atoms with Gasteiger partial charge in [-0.3, -0.25) is 0 Å². The summed E-state index contributed by atoms with van der Waals surface area (Å²) >= 11 is 3.44. The zero-order valence-corrected chi connectivity index (χ0v) is 13.0. The molecule has 6 heteroatoms. The van der Waals surface area contributed by atoms with Crippen LogP contribution in [0, 0.1) is 12.7 Å². The lowest BCUT2D eigenvalue weighted by Crippen LogP contribution is -2.16. The van der Waals surface area contributed by atoms with Crippen LogP contribution in [0.3, 0.4) is 0 Å². The van der Waals surface area contributed by atoms with Crippen LogP contribution in [0.25, 0.3) is 0 Å². The third-order valence-electron chi connectivity index (χ3n) is 3.05. The predicted octanol–water partition coefficient (Wildman–Crippen LogP) is 3.60. The van der Waals surface area contributed by atoms with Crippen molar-refractivity contribution in [3.63, 3.8) is 0 Å². The van der Waals surface area contributed by atoms with Gasteiger partial charge in [0.1, 0.15) is 5.82 Å². The van der Waals surface area contributed by atoms with Crippen molar-refractivity contribution in [2.24, 2.45) is 10.9 Å². The van der Waals surface area contributed by atoms with E-state index >= 15 is 0 Å².